The number of hydrogen-bond acceptors (Lipinski definition) is 5. The van der Waals surface area contributed by atoms with Crippen LogP contribution in [0.15, 0.2) is 28.8 Å². The average Bonchev–Trinajstić information content (AvgIpc) is 3.28. The molecule has 5 rings (SSSR count). The highest BCUT2D eigenvalue weighted by molar-refractivity contribution is 5.79. The number of benzene rings is 1. The molecule has 2 aliphatic heterocycles. The molecule has 3 fully saturated rings. The van der Waals surface area contributed by atoms with Gasteiger partial charge in [-0.15, -0.1) is 0 Å². The van der Waals surface area contributed by atoms with E-state index < -0.39 is 0 Å². The number of nitrogens with zero attached hydrogens (tertiary/aromatic N) is 4. The zero-order chi connectivity index (χ0) is 20.7. The fourth-order valence-corrected chi connectivity index (χ4v) is 5.27. The van der Waals surface area contributed by atoms with Gasteiger partial charge in [0, 0.05) is 25.6 Å². The Morgan fingerprint density at radius 3 is 2.73 bits per heavy atom. The summed E-state index contributed by atoms with van der Waals surface area (Å²) in [5.74, 6) is 1.78. The van der Waals surface area contributed by atoms with Crippen LogP contribution in [0.4, 0.5) is 4.39 Å². The normalized spacial score (nSPS) is 24.3. The van der Waals surface area contributed by atoms with E-state index in [2.05, 4.69) is 17.1 Å². The van der Waals surface area contributed by atoms with Gasteiger partial charge in [0.1, 0.15) is 5.82 Å². The Balaban J connectivity index is 1.20. The van der Waals surface area contributed by atoms with Gasteiger partial charge in [0.15, 0.2) is 5.82 Å². The second kappa shape index (κ2) is 7.76. The number of amides is 1. The minimum atomic E-state index is -0.305. The summed E-state index contributed by atoms with van der Waals surface area (Å²) in [6, 6.07) is 6.72. The van der Waals surface area contributed by atoms with Gasteiger partial charge in [0.2, 0.25) is 11.8 Å². The van der Waals surface area contributed by atoms with E-state index in [0.29, 0.717) is 11.5 Å². The van der Waals surface area contributed by atoms with Gasteiger partial charge in [-0.3, -0.25) is 9.69 Å². The van der Waals surface area contributed by atoms with Crippen LogP contribution >= 0.6 is 0 Å². The first-order valence-corrected chi connectivity index (χ1v) is 11.1. The van der Waals surface area contributed by atoms with Crippen molar-refractivity contribution in [2.45, 2.75) is 56.9 Å². The second-order valence-corrected chi connectivity index (χ2v) is 9.40. The molecule has 1 aliphatic carbocycles. The lowest BCUT2D eigenvalue weighted by molar-refractivity contribution is -0.132. The summed E-state index contributed by atoms with van der Waals surface area (Å²) in [5.41, 5.74) is 0.661. The highest BCUT2D eigenvalue weighted by atomic mass is 19.1. The Kier molecular flexibility index (Phi) is 5.09. The van der Waals surface area contributed by atoms with E-state index in [4.69, 9.17) is 9.51 Å². The summed E-state index contributed by atoms with van der Waals surface area (Å²) < 4.78 is 19.4. The average molecular weight is 413 g/mol. The predicted molar refractivity (Wildman–Crippen MR) is 109 cm³/mol. The predicted octanol–water partition coefficient (Wildman–Crippen LogP) is 3.70. The lowest BCUT2D eigenvalue weighted by atomic mass is 9.76. The molecule has 1 aromatic carbocycles. The van der Waals surface area contributed by atoms with Crippen LogP contribution in [0, 0.1) is 11.2 Å². The third-order valence-electron chi connectivity index (χ3n) is 7.43. The maximum Gasteiger partial charge on any atom is 0.229 e. The van der Waals surface area contributed by atoms with Crippen LogP contribution in [0.2, 0.25) is 0 Å². The van der Waals surface area contributed by atoms with Crippen molar-refractivity contribution in [3.05, 3.63) is 47.4 Å². The molecule has 1 atom stereocenters. The van der Waals surface area contributed by atoms with Gasteiger partial charge in [-0.25, -0.2) is 4.39 Å². The van der Waals surface area contributed by atoms with Crippen molar-refractivity contribution in [1.82, 2.24) is 19.9 Å². The largest absolute Gasteiger partial charge is 0.342 e. The van der Waals surface area contributed by atoms with E-state index in [1.165, 1.54) is 12.5 Å². The highest BCUT2D eigenvalue weighted by Gasteiger charge is 2.46. The molecule has 0 N–H and O–H groups in total. The van der Waals surface area contributed by atoms with Crippen LogP contribution in [0.25, 0.3) is 0 Å². The molecule has 3 heterocycles. The maximum atomic E-state index is 13.9. The molecule has 0 radical (unpaired) electrons. The van der Waals surface area contributed by atoms with Gasteiger partial charge in [-0.1, -0.05) is 29.8 Å². The zero-order valence-electron chi connectivity index (χ0n) is 17.5. The lowest BCUT2D eigenvalue weighted by Gasteiger charge is -2.39. The summed E-state index contributed by atoms with van der Waals surface area (Å²) in [7, 11) is 2.13. The van der Waals surface area contributed by atoms with Crippen molar-refractivity contribution in [1.29, 1.82) is 0 Å². The number of carbonyl (C=O) groups is 1. The molecule has 6 nitrogen and oxygen atoms in total. The van der Waals surface area contributed by atoms with Crippen molar-refractivity contribution in [2.75, 3.05) is 26.7 Å². The number of likely N-dealkylation sites (tertiary alicyclic amines) is 2. The lowest BCUT2D eigenvalue weighted by Crippen LogP contribution is -2.44. The topological polar surface area (TPSA) is 62.5 Å². The molecular weight excluding hydrogens is 383 g/mol. The van der Waals surface area contributed by atoms with Gasteiger partial charge in [-0.05, 0) is 56.2 Å². The van der Waals surface area contributed by atoms with Gasteiger partial charge >= 0.3 is 0 Å². The van der Waals surface area contributed by atoms with E-state index >= 15 is 0 Å². The summed E-state index contributed by atoms with van der Waals surface area (Å²) in [5, 5.41) is 4.30. The summed E-state index contributed by atoms with van der Waals surface area (Å²) in [6.07, 6.45) is 6.62. The number of halogens is 1. The van der Waals surface area contributed by atoms with E-state index in [1.807, 2.05) is 4.90 Å². The van der Waals surface area contributed by atoms with Crippen LogP contribution in [-0.2, 0) is 11.2 Å². The molecule has 0 bridgehead atoms. The van der Waals surface area contributed by atoms with Crippen LogP contribution in [0.3, 0.4) is 0 Å². The summed E-state index contributed by atoms with van der Waals surface area (Å²) in [4.78, 5) is 21.6. The standard InChI is InChI=1S/C23H29FN4O2/c1-27-15-23(14-19(27)21-25-22(30-26-21)16-6-4-7-16)9-11-28(12-10-23)20(29)13-17-5-2-3-8-18(17)24/h2-3,5,8,16,19H,4,6-7,9-15H2,1H3. The Bertz CT molecular complexity index is 917. The van der Waals surface area contributed by atoms with E-state index in [9.17, 15) is 9.18 Å². The molecule has 30 heavy (non-hydrogen) atoms. The fourth-order valence-electron chi connectivity index (χ4n) is 5.27. The monoisotopic (exact) mass is 412 g/mol. The second-order valence-electron chi connectivity index (χ2n) is 9.40. The van der Waals surface area contributed by atoms with Crippen molar-refractivity contribution in [2.24, 2.45) is 5.41 Å². The van der Waals surface area contributed by atoms with Gasteiger partial charge < -0.3 is 9.42 Å². The molecule has 1 saturated carbocycles. The molecule has 2 saturated heterocycles. The quantitative estimate of drug-likeness (QED) is 0.766. The van der Waals surface area contributed by atoms with Crippen molar-refractivity contribution in [3.63, 3.8) is 0 Å². The van der Waals surface area contributed by atoms with Gasteiger partial charge in [0.05, 0.1) is 12.5 Å². The maximum absolute atomic E-state index is 13.9. The highest BCUT2D eigenvalue weighted by Crippen LogP contribution is 2.48. The van der Waals surface area contributed by atoms with Crippen molar-refractivity contribution in [3.8, 4) is 0 Å². The van der Waals surface area contributed by atoms with Crippen molar-refractivity contribution >= 4 is 5.91 Å². The molecule has 7 heteroatoms. The number of hydrogen-bond donors (Lipinski definition) is 0. The third kappa shape index (κ3) is 3.64. The Morgan fingerprint density at radius 2 is 2.03 bits per heavy atom. The molecule has 1 unspecified atom stereocenters. The molecule has 160 valence electrons. The molecule has 1 spiro atoms. The Hall–Kier alpha value is -2.28. The Morgan fingerprint density at radius 1 is 1.27 bits per heavy atom. The first-order valence-electron chi connectivity index (χ1n) is 11.1. The van der Waals surface area contributed by atoms with Crippen LogP contribution < -0.4 is 0 Å². The molecule has 1 aromatic heterocycles. The van der Waals surface area contributed by atoms with E-state index in [0.717, 1.165) is 63.5 Å². The number of aromatic nitrogens is 2. The molecule has 3 aliphatic rings. The van der Waals surface area contributed by atoms with E-state index in [1.54, 1.807) is 18.2 Å². The Labute approximate surface area is 176 Å². The van der Waals surface area contributed by atoms with Crippen molar-refractivity contribution < 1.29 is 13.7 Å². The number of carbonyl (C=O) groups excluding carboxylic acids is 1. The van der Waals surface area contributed by atoms with Crippen LogP contribution in [0.1, 0.15) is 67.8 Å². The molecule has 1 amide bonds. The summed E-state index contributed by atoms with van der Waals surface area (Å²) >= 11 is 0. The fraction of sp³-hybridized carbons (Fsp3) is 0.609. The first kappa shape index (κ1) is 19.7. The minimum absolute atomic E-state index is 0.0150. The van der Waals surface area contributed by atoms with Crippen LogP contribution in [-0.4, -0.2) is 52.5 Å². The SMILES string of the molecule is CN1CC2(CCN(C(=O)Cc3ccccc3F)CC2)CC1c1noc(C2CCC2)n1. The third-order valence-corrected chi connectivity index (χ3v) is 7.43. The van der Waals surface area contributed by atoms with Gasteiger partial charge in [0.25, 0.3) is 0 Å². The molecule has 2 aromatic rings. The summed E-state index contributed by atoms with van der Waals surface area (Å²) in [6.45, 7) is 2.45. The minimum Gasteiger partial charge on any atom is -0.342 e. The van der Waals surface area contributed by atoms with E-state index in [-0.39, 0.29) is 29.6 Å². The van der Waals surface area contributed by atoms with Gasteiger partial charge in [-0.2, -0.15) is 4.98 Å². The van der Waals surface area contributed by atoms with Crippen LogP contribution in [0.5, 0.6) is 0 Å². The first-order chi connectivity index (χ1) is 14.5. The number of rotatable bonds is 4. The zero-order valence-corrected chi connectivity index (χ0v) is 17.5. The number of piperidine rings is 1. The smallest absolute Gasteiger partial charge is 0.229 e. The molecular formula is C23H29FN4O2.